The molecule has 0 fully saturated rings. The first-order valence-electron chi connectivity index (χ1n) is 2.85. The minimum atomic E-state index is -2.63. The minimum Gasteiger partial charge on any atom is -0.508 e. The van der Waals surface area contributed by atoms with Crippen LogP contribution < -0.4 is 5.50 Å². The Hall–Kier alpha value is -0.830. The van der Waals surface area contributed by atoms with Crippen LogP contribution >= 0.6 is 8.18 Å². The number of benzene rings is 1. The van der Waals surface area contributed by atoms with Crippen molar-refractivity contribution in [3.8, 4) is 5.75 Å². The molecule has 1 atom stereocenters. The summed E-state index contributed by atoms with van der Waals surface area (Å²) >= 11 is 0. The summed E-state index contributed by atoms with van der Waals surface area (Å²) in [5.41, 5.74) is 4.21. The van der Waals surface area contributed by atoms with Gasteiger partial charge in [-0.25, -0.2) is 0 Å². The maximum atomic E-state index is 8.96. The van der Waals surface area contributed by atoms with Crippen LogP contribution in [0.25, 0.3) is 0 Å². The molecular weight excluding hydrogens is 165 g/mol. The highest BCUT2D eigenvalue weighted by Crippen LogP contribution is 2.02. The number of hydrogen-bond acceptors (Lipinski definition) is 2. The molecule has 4 N–H and O–H groups in total. The van der Waals surface area contributed by atoms with Crippen molar-refractivity contribution in [2.24, 2.45) is 5.50 Å². The van der Waals surface area contributed by atoms with Crippen LogP contribution in [0.2, 0.25) is 0 Å². The van der Waals surface area contributed by atoms with Crippen molar-refractivity contribution in [2.75, 3.05) is 0 Å². The highest BCUT2D eigenvalue weighted by molar-refractivity contribution is 7.35. The Morgan fingerprint density at radius 1 is 1.27 bits per heavy atom. The third-order valence-corrected chi connectivity index (χ3v) is 0.756. The molecule has 1 rings (SSSR count). The Morgan fingerprint density at radius 3 is 1.82 bits per heavy atom. The maximum Gasteiger partial charge on any atom is 0.253 e. The summed E-state index contributed by atoms with van der Waals surface area (Å²) in [7, 11) is -2.63. The topological polar surface area (TPSA) is 83.6 Å². The van der Waals surface area contributed by atoms with Gasteiger partial charge in [-0.3, -0.25) is 10.1 Å². The van der Waals surface area contributed by atoms with E-state index in [0.717, 1.165) is 0 Å². The average molecular weight is 175 g/mol. The zero-order chi connectivity index (χ0) is 8.69. The van der Waals surface area contributed by atoms with Crippen molar-refractivity contribution in [1.29, 1.82) is 0 Å². The molecule has 0 spiro atoms. The molecule has 1 aromatic rings. The third kappa shape index (κ3) is 9.17. The van der Waals surface area contributed by atoms with Gasteiger partial charge in [-0.1, -0.05) is 18.2 Å². The van der Waals surface area contributed by atoms with E-state index in [2.05, 4.69) is 5.50 Å². The standard InChI is InChI=1S/C6H6O.H4NO2P/c7-6-4-2-1-3-5-6;1-4(2)3/h1-5,7H;4H,(H3,1,2,3). The Kier molecular flexibility index (Phi) is 5.47. The summed E-state index contributed by atoms with van der Waals surface area (Å²) in [6, 6.07) is 8.71. The van der Waals surface area contributed by atoms with Crippen LogP contribution in [0.1, 0.15) is 0 Å². The van der Waals surface area contributed by atoms with Crippen molar-refractivity contribution in [2.45, 2.75) is 0 Å². The van der Waals surface area contributed by atoms with Crippen LogP contribution in [-0.2, 0) is 4.57 Å². The molecule has 0 saturated heterocycles. The molecule has 5 heteroatoms. The summed E-state index contributed by atoms with van der Waals surface area (Å²) in [5.74, 6) is 0.322. The molecule has 0 amide bonds. The van der Waals surface area contributed by atoms with Gasteiger partial charge >= 0.3 is 0 Å². The molecule has 0 radical (unpaired) electrons. The molecule has 0 bridgehead atoms. The number of rotatable bonds is 0. The van der Waals surface area contributed by atoms with Gasteiger partial charge in [-0.2, -0.15) is 0 Å². The molecule has 0 aliphatic heterocycles. The van der Waals surface area contributed by atoms with Gasteiger partial charge in [0.15, 0.2) is 0 Å². The average Bonchev–Trinajstić information content (AvgIpc) is 1.87. The highest BCUT2D eigenvalue weighted by atomic mass is 31.1. The number of phenolic OH excluding ortho intramolecular Hbond substituents is 1. The monoisotopic (exact) mass is 175 g/mol. The fraction of sp³-hybridized carbons (Fsp3) is 0. The lowest BCUT2D eigenvalue weighted by atomic mass is 10.3. The van der Waals surface area contributed by atoms with E-state index in [1.807, 2.05) is 6.07 Å². The zero-order valence-corrected chi connectivity index (χ0v) is 6.77. The summed E-state index contributed by atoms with van der Waals surface area (Å²) in [4.78, 5) is 7.38. The predicted octanol–water partition coefficient (Wildman–Crippen LogP) is 0.719. The van der Waals surface area contributed by atoms with E-state index in [9.17, 15) is 0 Å². The molecule has 11 heavy (non-hydrogen) atoms. The Morgan fingerprint density at radius 2 is 1.64 bits per heavy atom. The van der Waals surface area contributed by atoms with Crippen LogP contribution in [0.3, 0.4) is 0 Å². The first kappa shape index (κ1) is 10.2. The van der Waals surface area contributed by atoms with E-state index in [4.69, 9.17) is 14.6 Å². The smallest absolute Gasteiger partial charge is 0.253 e. The largest absolute Gasteiger partial charge is 0.508 e. The predicted molar refractivity (Wildman–Crippen MR) is 43.5 cm³/mol. The van der Waals surface area contributed by atoms with E-state index in [1.54, 1.807) is 24.3 Å². The van der Waals surface area contributed by atoms with E-state index in [1.165, 1.54) is 0 Å². The van der Waals surface area contributed by atoms with Crippen LogP contribution in [0.4, 0.5) is 0 Å². The van der Waals surface area contributed by atoms with Gasteiger partial charge in [-0.15, -0.1) is 0 Å². The maximum absolute atomic E-state index is 8.96. The molecule has 0 aliphatic carbocycles. The summed E-state index contributed by atoms with van der Waals surface area (Å²) in [6.07, 6.45) is 0. The Bertz CT molecular complexity index is 210. The summed E-state index contributed by atoms with van der Waals surface area (Å²) < 4.78 is 8.96. The van der Waals surface area contributed by atoms with Crippen LogP contribution in [0, 0.1) is 0 Å². The van der Waals surface area contributed by atoms with Gasteiger partial charge in [0.1, 0.15) is 5.75 Å². The zero-order valence-electron chi connectivity index (χ0n) is 5.77. The van der Waals surface area contributed by atoms with Crippen molar-refractivity contribution >= 4 is 8.18 Å². The normalized spacial score (nSPS) is 11.1. The molecular formula is C6H10NO3P. The van der Waals surface area contributed by atoms with E-state index >= 15 is 0 Å². The molecule has 4 nitrogen and oxygen atoms in total. The number of para-hydroxylation sites is 1. The molecule has 0 aliphatic rings. The first-order valence-corrected chi connectivity index (χ1v) is 4.28. The van der Waals surface area contributed by atoms with E-state index in [0.29, 0.717) is 5.75 Å². The van der Waals surface area contributed by atoms with Crippen LogP contribution in [-0.4, -0.2) is 10.00 Å². The van der Waals surface area contributed by atoms with Crippen LogP contribution in [0.5, 0.6) is 5.75 Å². The second kappa shape index (κ2) is 5.92. The fourth-order valence-corrected chi connectivity index (χ4v) is 0.428. The van der Waals surface area contributed by atoms with Crippen molar-refractivity contribution in [3.63, 3.8) is 0 Å². The minimum absolute atomic E-state index is 0.322. The van der Waals surface area contributed by atoms with Crippen molar-refractivity contribution in [1.82, 2.24) is 0 Å². The third-order valence-electron chi connectivity index (χ3n) is 0.756. The number of nitrogens with two attached hydrogens (primary N) is 1. The molecule has 62 valence electrons. The van der Waals surface area contributed by atoms with Gasteiger partial charge in [0.25, 0.3) is 8.18 Å². The Balaban J connectivity index is 0.000000218. The lowest BCUT2D eigenvalue weighted by Gasteiger charge is -1.82. The molecule has 0 aromatic heterocycles. The van der Waals surface area contributed by atoms with Crippen LogP contribution in [0.15, 0.2) is 30.3 Å². The lowest BCUT2D eigenvalue weighted by Crippen LogP contribution is -1.68. The molecule has 1 unspecified atom stereocenters. The van der Waals surface area contributed by atoms with Crippen molar-refractivity contribution < 1.29 is 14.6 Å². The van der Waals surface area contributed by atoms with Gasteiger partial charge < -0.3 is 10.00 Å². The fourth-order valence-electron chi connectivity index (χ4n) is 0.428. The number of phenols is 1. The lowest BCUT2D eigenvalue weighted by molar-refractivity contribution is 0.475. The van der Waals surface area contributed by atoms with Gasteiger partial charge in [-0.05, 0) is 12.1 Å². The van der Waals surface area contributed by atoms with Gasteiger partial charge in [0.05, 0.1) is 0 Å². The first-order chi connectivity index (χ1) is 5.13. The Labute approximate surface area is 65.2 Å². The van der Waals surface area contributed by atoms with E-state index in [-0.39, 0.29) is 0 Å². The summed E-state index contributed by atoms with van der Waals surface area (Å²) in [5, 5.41) is 8.63. The second-order valence-electron chi connectivity index (χ2n) is 1.67. The number of hydrogen-bond donors (Lipinski definition) is 3. The van der Waals surface area contributed by atoms with Gasteiger partial charge in [0.2, 0.25) is 0 Å². The second-order valence-corrected chi connectivity index (χ2v) is 2.35. The quantitative estimate of drug-likeness (QED) is 0.507. The van der Waals surface area contributed by atoms with Gasteiger partial charge in [0, 0.05) is 0 Å². The SMILES string of the molecule is N[PH](=O)O.Oc1ccccc1. The summed E-state index contributed by atoms with van der Waals surface area (Å²) in [6.45, 7) is 0. The number of aromatic hydroxyl groups is 1. The molecule has 0 heterocycles. The van der Waals surface area contributed by atoms with Crippen molar-refractivity contribution in [3.05, 3.63) is 30.3 Å². The molecule has 0 saturated carbocycles. The highest BCUT2D eigenvalue weighted by Gasteiger charge is 1.74. The molecule has 1 aromatic carbocycles. The van der Waals surface area contributed by atoms with E-state index < -0.39 is 8.18 Å².